The molecular weight excluding hydrogens is 231 g/mol. The van der Waals surface area contributed by atoms with Gasteiger partial charge in [0.1, 0.15) is 5.82 Å². The summed E-state index contributed by atoms with van der Waals surface area (Å²) in [7, 11) is 0. The fraction of sp³-hybridized carbons (Fsp3) is 0.500. The van der Waals surface area contributed by atoms with Crippen LogP contribution in [0, 0.1) is 5.82 Å². The van der Waals surface area contributed by atoms with E-state index in [-0.39, 0.29) is 5.82 Å². The Morgan fingerprint density at radius 3 is 2.88 bits per heavy atom. The Bertz CT molecular complexity index is 331. The summed E-state index contributed by atoms with van der Waals surface area (Å²) in [6.45, 7) is 3.07. The molecule has 4 heteroatoms. The van der Waals surface area contributed by atoms with Crippen LogP contribution >= 0.6 is 11.6 Å². The Balaban J connectivity index is 2.46. The maximum atomic E-state index is 12.8. The molecule has 0 aliphatic heterocycles. The minimum atomic E-state index is -0.505. The van der Waals surface area contributed by atoms with Gasteiger partial charge in [0.15, 0.2) is 0 Å². The van der Waals surface area contributed by atoms with E-state index < -0.39 is 6.10 Å². The van der Waals surface area contributed by atoms with Gasteiger partial charge in [-0.2, -0.15) is 0 Å². The van der Waals surface area contributed by atoms with Crippen molar-refractivity contribution >= 4 is 11.6 Å². The van der Waals surface area contributed by atoms with Crippen LogP contribution in [0.4, 0.5) is 4.39 Å². The average Bonchev–Trinajstić information content (AvgIpc) is 2.23. The first-order valence-corrected chi connectivity index (χ1v) is 5.71. The van der Waals surface area contributed by atoms with E-state index in [1.807, 2.05) is 6.92 Å². The summed E-state index contributed by atoms with van der Waals surface area (Å²) in [6.07, 6.45) is 0.475. The lowest BCUT2D eigenvalue weighted by Gasteiger charge is -2.11. The first kappa shape index (κ1) is 13.4. The van der Waals surface area contributed by atoms with Gasteiger partial charge >= 0.3 is 0 Å². The van der Waals surface area contributed by atoms with E-state index in [1.165, 1.54) is 12.1 Å². The van der Waals surface area contributed by atoms with E-state index in [1.54, 1.807) is 6.07 Å². The van der Waals surface area contributed by atoms with E-state index in [9.17, 15) is 9.50 Å². The Morgan fingerprint density at radius 2 is 2.25 bits per heavy atom. The summed E-state index contributed by atoms with van der Waals surface area (Å²) in [6, 6.07) is 4.20. The second-order valence-corrected chi connectivity index (χ2v) is 3.99. The second-order valence-electron chi connectivity index (χ2n) is 3.58. The topological polar surface area (TPSA) is 29.5 Å². The summed E-state index contributed by atoms with van der Waals surface area (Å²) in [5, 5.41) is 10.0. The van der Waals surface area contributed by atoms with Gasteiger partial charge in [0.05, 0.1) is 6.10 Å². The molecule has 0 saturated carbocycles. The third-order valence-electron chi connectivity index (χ3n) is 2.27. The first-order valence-electron chi connectivity index (χ1n) is 5.33. The molecule has 90 valence electrons. The zero-order valence-corrected chi connectivity index (χ0v) is 10.0. The molecule has 0 aromatic heterocycles. The molecule has 0 radical (unpaired) electrons. The van der Waals surface area contributed by atoms with Gasteiger partial charge < -0.3 is 9.84 Å². The Hall–Kier alpha value is -0.640. The van der Waals surface area contributed by atoms with Crippen LogP contribution in [-0.2, 0) is 11.2 Å². The molecule has 0 amide bonds. The van der Waals surface area contributed by atoms with Crippen molar-refractivity contribution in [2.75, 3.05) is 13.2 Å². The first-order chi connectivity index (χ1) is 7.63. The van der Waals surface area contributed by atoms with Crippen molar-refractivity contribution in [3.05, 3.63) is 34.6 Å². The highest BCUT2D eigenvalue weighted by Gasteiger charge is 2.09. The van der Waals surface area contributed by atoms with Gasteiger partial charge in [-0.15, -0.1) is 0 Å². The van der Waals surface area contributed by atoms with Crippen molar-refractivity contribution < 1.29 is 14.2 Å². The molecular formula is C12H16ClFO2. The number of benzene rings is 1. The van der Waals surface area contributed by atoms with Crippen LogP contribution in [0.3, 0.4) is 0 Å². The Kier molecular flexibility index (Phi) is 5.74. The van der Waals surface area contributed by atoms with Gasteiger partial charge in [-0.3, -0.25) is 0 Å². The zero-order chi connectivity index (χ0) is 12.0. The van der Waals surface area contributed by atoms with Crippen molar-refractivity contribution in [1.29, 1.82) is 0 Å². The van der Waals surface area contributed by atoms with E-state index in [0.29, 0.717) is 31.1 Å². The lowest BCUT2D eigenvalue weighted by atomic mass is 10.1. The lowest BCUT2D eigenvalue weighted by molar-refractivity contribution is 0.0887. The van der Waals surface area contributed by atoms with Crippen molar-refractivity contribution in [3.8, 4) is 0 Å². The van der Waals surface area contributed by atoms with Crippen LogP contribution < -0.4 is 0 Å². The molecule has 1 aromatic carbocycles. The molecule has 0 bridgehead atoms. The van der Waals surface area contributed by atoms with E-state index >= 15 is 0 Å². The summed E-state index contributed by atoms with van der Waals surface area (Å²) in [5.41, 5.74) is 0.757. The molecule has 1 atom stereocenters. The molecule has 0 aliphatic rings. The van der Waals surface area contributed by atoms with Crippen LogP contribution in [0.2, 0.25) is 5.02 Å². The van der Waals surface area contributed by atoms with Gasteiger partial charge in [-0.05, 0) is 37.5 Å². The van der Waals surface area contributed by atoms with Gasteiger partial charge in [-0.1, -0.05) is 17.7 Å². The van der Waals surface area contributed by atoms with E-state index in [4.69, 9.17) is 16.3 Å². The predicted molar refractivity (Wildman–Crippen MR) is 62.2 cm³/mol. The molecule has 1 aromatic rings. The van der Waals surface area contributed by atoms with Gasteiger partial charge in [0.2, 0.25) is 0 Å². The van der Waals surface area contributed by atoms with Gasteiger partial charge in [0, 0.05) is 18.2 Å². The van der Waals surface area contributed by atoms with Crippen molar-refractivity contribution in [1.82, 2.24) is 0 Å². The zero-order valence-electron chi connectivity index (χ0n) is 9.25. The average molecular weight is 247 g/mol. The van der Waals surface area contributed by atoms with Crippen LogP contribution in [0.15, 0.2) is 18.2 Å². The van der Waals surface area contributed by atoms with Crippen LogP contribution in [0.25, 0.3) is 0 Å². The van der Waals surface area contributed by atoms with Crippen LogP contribution in [0.1, 0.15) is 18.9 Å². The number of rotatable bonds is 6. The van der Waals surface area contributed by atoms with Crippen molar-refractivity contribution in [2.45, 2.75) is 25.9 Å². The minimum Gasteiger partial charge on any atom is -0.393 e. The molecule has 0 spiro atoms. The Morgan fingerprint density at radius 1 is 1.50 bits per heavy atom. The SMILES string of the molecule is CCOCCC(O)Cc1ccc(F)cc1Cl. The highest BCUT2D eigenvalue weighted by molar-refractivity contribution is 6.31. The third-order valence-corrected chi connectivity index (χ3v) is 2.62. The maximum absolute atomic E-state index is 12.8. The van der Waals surface area contributed by atoms with Crippen LogP contribution in [0.5, 0.6) is 0 Å². The quantitative estimate of drug-likeness (QED) is 0.783. The van der Waals surface area contributed by atoms with Crippen molar-refractivity contribution in [2.24, 2.45) is 0 Å². The molecule has 16 heavy (non-hydrogen) atoms. The van der Waals surface area contributed by atoms with Gasteiger partial charge in [0.25, 0.3) is 0 Å². The molecule has 0 aliphatic carbocycles. The number of halogens is 2. The fourth-order valence-electron chi connectivity index (χ4n) is 1.41. The third kappa shape index (κ3) is 4.47. The number of aliphatic hydroxyl groups is 1. The lowest BCUT2D eigenvalue weighted by Crippen LogP contribution is -2.14. The maximum Gasteiger partial charge on any atom is 0.124 e. The summed E-state index contributed by atoms with van der Waals surface area (Å²) >= 11 is 5.85. The highest BCUT2D eigenvalue weighted by atomic mass is 35.5. The smallest absolute Gasteiger partial charge is 0.124 e. The molecule has 1 unspecified atom stereocenters. The predicted octanol–water partition coefficient (Wildman–Crippen LogP) is 2.81. The number of hydrogen-bond acceptors (Lipinski definition) is 2. The molecule has 2 nitrogen and oxygen atoms in total. The Labute approximate surface area is 100.0 Å². The molecule has 1 rings (SSSR count). The molecule has 0 saturated heterocycles. The van der Waals surface area contributed by atoms with E-state index in [0.717, 1.165) is 5.56 Å². The standard InChI is InChI=1S/C12H16ClFO2/c1-2-16-6-5-11(15)7-9-3-4-10(14)8-12(9)13/h3-4,8,11,15H,2,5-7H2,1H3. The molecule has 0 fully saturated rings. The largest absolute Gasteiger partial charge is 0.393 e. The summed E-state index contributed by atoms with van der Waals surface area (Å²) in [5.74, 6) is -0.363. The summed E-state index contributed by atoms with van der Waals surface area (Å²) < 4.78 is 17.9. The number of ether oxygens (including phenoxy) is 1. The molecule has 0 heterocycles. The van der Waals surface area contributed by atoms with Crippen molar-refractivity contribution in [3.63, 3.8) is 0 Å². The monoisotopic (exact) mass is 246 g/mol. The fourth-order valence-corrected chi connectivity index (χ4v) is 1.65. The molecule has 1 N–H and O–H groups in total. The van der Waals surface area contributed by atoms with Gasteiger partial charge in [-0.25, -0.2) is 4.39 Å². The minimum absolute atomic E-state index is 0.357. The van der Waals surface area contributed by atoms with Crippen LogP contribution in [-0.4, -0.2) is 24.4 Å². The van der Waals surface area contributed by atoms with E-state index in [2.05, 4.69) is 0 Å². The number of aliphatic hydroxyl groups excluding tert-OH is 1. The second kappa shape index (κ2) is 6.84. The summed E-state index contributed by atoms with van der Waals surface area (Å²) in [4.78, 5) is 0. The normalized spacial score (nSPS) is 12.8. The highest BCUT2D eigenvalue weighted by Crippen LogP contribution is 2.19. The number of hydrogen-bond donors (Lipinski definition) is 1.